The number of aryl methyl sites for hydroxylation is 1. The average Bonchev–Trinajstić information content (AvgIpc) is 2.81. The van der Waals surface area contributed by atoms with Crippen LogP contribution in [0.2, 0.25) is 0 Å². The highest BCUT2D eigenvalue weighted by atomic mass is 16.5. The fourth-order valence-corrected chi connectivity index (χ4v) is 1.44. The van der Waals surface area contributed by atoms with Gasteiger partial charge in [0.25, 0.3) is 0 Å². The molecule has 0 radical (unpaired) electrons. The minimum Gasteiger partial charge on any atom is -0.481 e. The van der Waals surface area contributed by atoms with Crippen LogP contribution in [0.1, 0.15) is 19.4 Å². The van der Waals surface area contributed by atoms with E-state index in [-0.39, 0.29) is 6.61 Å². The summed E-state index contributed by atoms with van der Waals surface area (Å²) in [7, 11) is 0. The summed E-state index contributed by atoms with van der Waals surface area (Å²) in [6.45, 7) is 5.58. The van der Waals surface area contributed by atoms with Crippen LogP contribution in [0.4, 0.5) is 0 Å². The van der Waals surface area contributed by atoms with E-state index in [2.05, 4.69) is 0 Å². The lowest BCUT2D eigenvalue weighted by atomic mass is 10.1. The summed E-state index contributed by atoms with van der Waals surface area (Å²) < 4.78 is 10.4. The summed E-state index contributed by atoms with van der Waals surface area (Å²) in [6.07, 6.45) is 1.56. The highest BCUT2D eigenvalue weighted by Gasteiger charge is 2.08. The molecule has 0 saturated heterocycles. The maximum atomic E-state index is 10.4. The van der Waals surface area contributed by atoms with Gasteiger partial charge in [-0.2, -0.15) is 0 Å². The van der Waals surface area contributed by atoms with E-state index in [9.17, 15) is 4.79 Å². The van der Waals surface area contributed by atoms with Gasteiger partial charge in [-0.1, -0.05) is 19.9 Å². The zero-order valence-corrected chi connectivity index (χ0v) is 10.2. The summed E-state index contributed by atoms with van der Waals surface area (Å²) in [5.74, 6) is -0.459. The van der Waals surface area contributed by atoms with E-state index in [0.29, 0.717) is 5.75 Å². The molecule has 0 atom stereocenters. The Labute approximate surface area is 99.8 Å². The van der Waals surface area contributed by atoms with Crippen molar-refractivity contribution in [1.82, 2.24) is 0 Å². The first-order valence-electron chi connectivity index (χ1n) is 5.50. The summed E-state index contributed by atoms with van der Waals surface area (Å²) in [5, 5.41) is 9.31. The van der Waals surface area contributed by atoms with Gasteiger partial charge in [0.15, 0.2) is 6.61 Å². The molecule has 2 aromatic rings. The van der Waals surface area contributed by atoms with Crippen molar-refractivity contribution in [2.75, 3.05) is 6.61 Å². The Morgan fingerprint density at radius 1 is 1.35 bits per heavy atom. The number of benzene rings is 1. The van der Waals surface area contributed by atoms with Crippen LogP contribution in [0, 0.1) is 6.92 Å². The van der Waals surface area contributed by atoms with Crippen molar-refractivity contribution in [3.63, 3.8) is 0 Å². The van der Waals surface area contributed by atoms with Crippen molar-refractivity contribution in [3.05, 3.63) is 30.0 Å². The molecule has 1 aromatic carbocycles. The Bertz CT molecular complexity index is 499. The van der Waals surface area contributed by atoms with E-state index in [1.165, 1.54) is 0 Å². The Balaban J connectivity index is 0.000000686. The molecule has 0 spiro atoms. The number of ether oxygens (including phenoxy) is 1. The monoisotopic (exact) mass is 236 g/mol. The molecular weight excluding hydrogens is 220 g/mol. The van der Waals surface area contributed by atoms with Gasteiger partial charge in [0, 0.05) is 0 Å². The number of hydrogen-bond acceptors (Lipinski definition) is 3. The maximum Gasteiger partial charge on any atom is 0.341 e. The first-order chi connectivity index (χ1) is 8.18. The highest BCUT2D eigenvalue weighted by Crippen LogP contribution is 2.29. The van der Waals surface area contributed by atoms with Gasteiger partial charge in [-0.15, -0.1) is 0 Å². The number of rotatable bonds is 3. The van der Waals surface area contributed by atoms with E-state index in [1.807, 2.05) is 26.8 Å². The van der Waals surface area contributed by atoms with E-state index < -0.39 is 5.97 Å². The highest BCUT2D eigenvalue weighted by molar-refractivity contribution is 5.86. The molecule has 2 rings (SSSR count). The van der Waals surface area contributed by atoms with Crippen LogP contribution >= 0.6 is 0 Å². The number of carboxylic acid groups (broad SMARTS) is 1. The van der Waals surface area contributed by atoms with E-state index in [0.717, 1.165) is 16.5 Å². The first-order valence-corrected chi connectivity index (χ1v) is 5.50. The second kappa shape index (κ2) is 5.94. The minimum absolute atomic E-state index is 0.344. The summed E-state index contributed by atoms with van der Waals surface area (Å²) in [6, 6.07) is 5.35. The van der Waals surface area contributed by atoms with Crippen LogP contribution in [0.25, 0.3) is 11.0 Å². The molecule has 0 unspecified atom stereocenters. The third-order valence-corrected chi connectivity index (χ3v) is 2.12. The van der Waals surface area contributed by atoms with Crippen LogP contribution in [-0.4, -0.2) is 17.7 Å². The van der Waals surface area contributed by atoms with Gasteiger partial charge in [0.05, 0.1) is 11.6 Å². The quantitative estimate of drug-likeness (QED) is 0.888. The fraction of sp³-hybridized carbons (Fsp3) is 0.308. The molecule has 17 heavy (non-hydrogen) atoms. The molecule has 92 valence electrons. The summed E-state index contributed by atoms with van der Waals surface area (Å²) in [5.41, 5.74) is 1.73. The molecule has 4 nitrogen and oxygen atoms in total. The van der Waals surface area contributed by atoms with Crippen molar-refractivity contribution >= 4 is 16.9 Å². The Morgan fingerprint density at radius 2 is 2.06 bits per heavy atom. The fourth-order valence-electron chi connectivity index (χ4n) is 1.44. The third kappa shape index (κ3) is 3.00. The van der Waals surface area contributed by atoms with Crippen LogP contribution in [-0.2, 0) is 4.79 Å². The number of hydrogen-bond donors (Lipinski definition) is 1. The Morgan fingerprint density at radius 3 is 2.71 bits per heavy atom. The molecule has 0 amide bonds. The van der Waals surface area contributed by atoms with Gasteiger partial charge in [-0.25, -0.2) is 4.79 Å². The predicted octanol–water partition coefficient (Wildman–Crippen LogP) is 3.23. The lowest BCUT2D eigenvalue weighted by molar-refractivity contribution is -0.139. The van der Waals surface area contributed by atoms with E-state index in [1.54, 1.807) is 18.4 Å². The number of carboxylic acids is 1. The standard InChI is InChI=1S/C11H10O4.C2H6/c1-7-2-3-9(15-6-10(12)13)8-4-5-14-11(7)8;1-2/h2-5H,6H2,1H3,(H,12,13);1-2H3. The molecule has 1 aromatic heterocycles. The Kier molecular flexibility index (Phi) is 4.57. The molecule has 0 aliphatic carbocycles. The van der Waals surface area contributed by atoms with E-state index >= 15 is 0 Å². The molecule has 1 heterocycles. The second-order valence-corrected chi connectivity index (χ2v) is 3.23. The maximum absolute atomic E-state index is 10.4. The van der Waals surface area contributed by atoms with Crippen LogP contribution in [0.5, 0.6) is 5.75 Å². The lowest BCUT2D eigenvalue weighted by Crippen LogP contribution is -2.09. The zero-order chi connectivity index (χ0) is 12.8. The molecular formula is C13H16O4. The summed E-state index contributed by atoms with van der Waals surface area (Å²) >= 11 is 0. The van der Waals surface area contributed by atoms with Gasteiger partial charge in [-0.05, 0) is 24.6 Å². The van der Waals surface area contributed by atoms with Crippen LogP contribution in [0.3, 0.4) is 0 Å². The average molecular weight is 236 g/mol. The van der Waals surface area contributed by atoms with Crippen molar-refractivity contribution in [2.24, 2.45) is 0 Å². The number of aliphatic carboxylic acids is 1. The lowest BCUT2D eigenvalue weighted by Gasteiger charge is -2.04. The van der Waals surface area contributed by atoms with Gasteiger partial charge in [0.2, 0.25) is 0 Å². The predicted molar refractivity (Wildman–Crippen MR) is 65.4 cm³/mol. The molecule has 1 N–H and O–H groups in total. The van der Waals surface area contributed by atoms with Crippen molar-refractivity contribution < 1.29 is 19.1 Å². The Hall–Kier alpha value is -1.97. The van der Waals surface area contributed by atoms with Crippen molar-refractivity contribution in [1.29, 1.82) is 0 Å². The largest absolute Gasteiger partial charge is 0.481 e. The third-order valence-electron chi connectivity index (χ3n) is 2.12. The van der Waals surface area contributed by atoms with E-state index in [4.69, 9.17) is 14.3 Å². The second-order valence-electron chi connectivity index (χ2n) is 3.23. The number of furan rings is 1. The zero-order valence-electron chi connectivity index (χ0n) is 10.2. The number of carbonyl (C=O) groups is 1. The first kappa shape index (κ1) is 13.1. The molecule has 4 heteroatoms. The smallest absolute Gasteiger partial charge is 0.341 e. The summed E-state index contributed by atoms with van der Waals surface area (Å²) in [4.78, 5) is 10.4. The molecule has 0 aliphatic rings. The van der Waals surface area contributed by atoms with Gasteiger partial charge >= 0.3 is 5.97 Å². The van der Waals surface area contributed by atoms with Crippen LogP contribution < -0.4 is 4.74 Å². The molecule has 0 fully saturated rings. The SMILES string of the molecule is CC.Cc1ccc(OCC(=O)O)c2ccoc12. The molecule has 0 saturated carbocycles. The van der Waals surface area contributed by atoms with Crippen LogP contribution in [0.15, 0.2) is 28.9 Å². The molecule has 0 aliphatic heterocycles. The normalized spacial score (nSPS) is 9.59. The minimum atomic E-state index is -0.993. The van der Waals surface area contributed by atoms with Crippen molar-refractivity contribution in [3.8, 4) is 5.75 Å². The molecule has 0 bridgehead atoms. The van der Waals surface area contributed by atoms with Gasteiger partial charge in [0.1, 0.15) is 11.3 Å². The van der Waals surface area contributed by atoms with Gasteiger partial charge < -0.3 is 14.3 Å². The number of fused-ring (bicyclic) bond motifs is 1. The van der Waals surface area contributed by atoms with Crippen molar-refractivity contribution in [2.45, 2.75) is 20.8 Å². The van der Waals surface area contributed by atoms with Gasteiger partial charge in [-0.3, -0.25) is 0 Å². The topological polar surface area (TPSA) is 59.7 Å².